The number of hydrogen-bond acceptors (Lipinski definition) is 5. The zero-order valence-corrected chi connectivity index (χ0v) is 15.4. The topological polar surface area (TPSA) is 104 Å². The number of carbonyl (C=O) groups is 4. The molecule has 2 fully saturated rings. The third-order valence-corrected chi connectivity index (χ3v) is 4.98. The van der Waals surface area contributed by atoms with Gasteiger partial charge in [0.1, 0.15) is 6.04 Å². The first kappa shape index (κ1) is 19.4. The molecule has 2 saturated heterocycles. The molecule has 2 aliphatic heterocycles. The molecule has 2 rings (SSSR count). The Balaban J connectivity index is 2.07. The molecule has 140 valence electrons. The molecule has 0 spiro atoms. The lowest BCUT2D eigenvalue weighted by atomic mass is 10.0. The van der Waals surface area contributed by atoms with Gasteiger partial charge in [-0.3, -0.25) is 19.2 Å². The maximum Gasteiger partial charge on any atom is 0.242 e. The molecule has 0 aliphatic carbocycles. The smallest absolute Gasteiger partial charge is 0.242 e. The monoisotopic (exact) mass is 352 g/mol. The first-order valence-corrected chi connectivity index (χ1v) is 8.73. The van der Waals surface area contributed by atoms with Crippen LogP contribution in [0.3, 0.4) is 0 Å². The number of ketones is 1. The summed E-state index contributed by atoms with van der Waals surface area (Å²) in [4.78, 5) is 53.2. The number of hydrogen-bond donors (Lipinski definition) is 1. The van der Waals surface area contributed by atoms with E-state index in [4.69, 9.17) is 5.73 Å². The van der Waals surface area contributed by atoms with Crippen LogP contribution in [-0.4, -0.2) is 83.0 Å². The molecule has 0 bridgehead atoms. The Hall–Kier alpha value is -1.96. The second-order valence-corrected chi connectivity index (χ2v) is 7.43. The van der Waals surface area contributed by atoms with Gasteiger partial charge in [-0.1, -0.05) is 13.8 Å². The van der Waals surface area contributed by atoms with Gasteiger partial charge in [0, 0.05) is 20.5 Å². The minimum atomic E-state index is -0.625. The number of nitrogens with two attached hydrogens (primary N) is 1. The molecular formula is C17H28N4O4. The van der Waals surface area contributed by atoms with Crippen molar-refractivity contribution in [1.82, 2.24) is 14.7 Å². The van der Waals surface area contributed by atoms with E-state index in [1.54, 1.807) is 11.9 Å². The van der Waals surface area contributed by atoms with E-state index in [0.717, 1.165) is 0 Å². The summed E-state index contributed by atoms with van der Waals surface area (Å²) in [5, 5.41) is 0. The maximum absolute atomic E-state index is 12.6. The highest BCUT2D eigenvalue weighted by atomic mass is 16.2. The van der Waals surface area contributed by atoms with Crippen LogP contribution >= 0.6 is 0 Å². The van der Waals surface area contributed by atoms with Gasteiger partial charge in [0.15, 0.2) is 5.78 Å². The van der Waals surface area contributed by atoms with Gasteiger partial charge in [-0.2, -0.15) is 0 Å². The minimum Gasteiger partial charge on any atom is -0.337 e. The molecule has 3 unspecified atom stereocenters. The summed E-state index contributed by atoms with van der Waals surface area (Å²) >= 11 is 0. The highest BCUT2D eigenvalue weighted by Crippen LogP contribution is 2.30. The molecule has 0 radical (unpaired) electrons. The van der Waals surface area contributed by atoms with Gasteiger partial charge in [0.25, 0.3) is 0 Å². The van der Waals surface area contributed by atoms with Gasteiger partial charge in [-0.25, -0.2) is 0 Å². The Kier molecular flexibility index (Phi) is 5.82. The molecule has 8 heteroatoms. The number of likely N-dealkylation sites (tertiary alicyclic amines) is 2. The summed E-state index contributed by atoms with van der Waals surface area (Å²) < 4.78 is 0. The third kappa shape index (κ3) is 4.00. The second kappa shape index (κ2) is 7.51. The molecule has 0 saturated carbocycles. The summed E-state index contributed by atoms with van der Waals surface area (Å²) in [6.45, 7) is 5.73. The first-order valence-electron chi connectivity index (χ1n) is 8.73. The Morgan fingerprint density at radius 1 is 1.28 bits per heavy atom. The lowest BCUT2D eigenvalue weighted by Gasteiger charge is -2.27. The normalized spacial score (nSPS) is 23.8. The van der Waals surface area contributed by atoms with Crippen molar-refractivity contribution in [1.29, 1.82) is 0 Å². The predicted molar refractivity (Wildman–Crippen MR) is 91.4 cm³/mol. The molecule has 0 aromatic carbocycles. The lowest BCUT2D eigenvalue weighted by molar-refractivity contribution is -0.139. The van der Waals surface area contributed by atoms with Gasteiger partial charge in [0.05, 0.1) is 25.2 Å². The van der Waals surface area contributed by atoms with E-state index >= 15 is 0 Å². The van der Waals surface area contributed by atoms with Crippen LogP contribution in [0.25, 0.3) is 0 Å². The van der Waals surface area contributed by atoms with Crippen LogP contribution in [0.4, 0.5) is 0 Å². The molecule has 8 nitrogen and oxygen atoms in total. The van der Waals surface area contributed by atoms with E-state index in [2.05, 4.69) is 0 Å². The Labute approximate surface area is 148 Å². The van der Waals surface area contributed by atoms with Crippen molar-refractivity contribution in [2.45, 2.75) is 51.7 Å². The summed E-state index contributed by atoms with van der Waals surface area (Å²) in [6, 6.07) is -1.53. The van der Waals surface area contributed by atoms with Crippen molar-refractivity contribution < 1.29 is 19.2 Å². The second-order valence-electron chi connectivity index (χ2n) is 7.43. The number of amides is 3. The van der Waals surface area contributed by atoms with Gasteiger partial charge >= 0.3 is 0 Å². The molecule has 25 heavy (non-hydrogen) atoms. The summed E-state index contributed by atoms with van der Waals surface area (Å²) in [7, 11) is 1.55. The van der Waals surface area contributed by atoms with Crippen LogP contribution in [0.5, 0.6) is 0 Å². The van der Waals surface area contributed by atoms with Gasteiger partial charge in [-0.05, 0) is 18.8 Å². The van der Waals surface area contributed by atoms with Crippen molar-refractivity contribution >= 4 is 23.5 Å². The first-order chi connectivity index (χ1) is 11.6. The zero-order chi connectivity index (χ0) is 18.9. The van der Waals surface area contributed by atoms with Crippen LogP contribution in [0.2, 0.25) is 0 Å². The van der Waals surface area contributed by atoms with Crippen molar-refractivity contribution in [2.75, 3.05) is 26.7 Å². The molecule has 0 aromatic heterocycles. The van der Waals surface area contributed by atoms with Gasteiger partial charge < -0.3 is 20.4 Å². The standard InChI is InChI=1S/C17H28N4O4/c1-10(2)7-12(18)17(25)20-6-5-13-16(20)14(23)8-21(13)15(24)9-19(4)11(3)22/h10,12-13,16H,5-9,18H2,1-4H3. The number of Topliss-reactive ketones (excluding diaryl/α,β-unsaturated/α-hetero) is 1. The fourth-order valence-corrected chi connectivity index (χ4v) is 3.62. The van der Waals surface area contributed by atoms with E-state index in [1.807, 2.05) is 13.8 Å². The van der Waals surface area contributed by atoms with Crippen molar-refractivity contribution in [3.63, 3.8) is 0 Å². The van der Waals surface area contributed by atoms with Crippen LogP contribution < -0.4 is 5.73 Å². The largest absolute Gasteiger partial charge is 0.337 e. The summed E-state index contributed by atoms with van der Waals surface area (Å²) in [5.74, 6) is -0.536. The number of fused-ring (bicyclic) bond motifs is 1. The Bertz CT molecular complexity index is 577. The average Bonchev–Trinajstić information content (AvgIpc) is 3.07. The molecule has 2 aliphatic rings. The fourth-order valence-electron chi connectivity index (χ4n) is 3.62. The number of likely N-dealkylation sites (N-methyl/N-ethyl adjacent to an activating group) is 1. The quantitative estimate of drug-likeness (QED) is 0.699. The highest BCUT2D eigenvalue weighted by molar-refractivity contribution is 5.98. The van der Waals surface area contributed by atoms with Crippen LogP contribution in [-0.2, 0) is 19.2 Å². The molecule has 0 aromatic rings. The zero-order valence-electron chi connectivity index (χ0n) is 15.4. The molecule has 3 amide bonds. The lowest BCUT2D eigenvalue weighted by Crippen LogP contribution is -2.50. The Morgan fingerprint density at radius 3 is 2.48 bits per heavy atom. The molecule has 2 heterocycles. The number of carbonyl (C=O) groups excluding carboxylic acids is 4. The van der Waals surface area contributed by atoms with Gasteiger partial charge in [0.2, 0.25) is 17.7 Å². The average molecular weight is 352 g/mol. The van der Waals surface area contributed by atoms with E-state index in [9.17, 15) is 19.2 Å². The number of nitrogens with zero attached hydrogens (tertiary/aromatic N) is 3. The van der Waals surface area contributed by atoms with E-state index in [-0.39, 0.29) is 48.6 Å². The summed E-state index contributed by atoms with van der Waals surface area (Å²) in [6.07, 6.45) is 1.12. The Morgan fingerprint density at radius 2 is 1.92 bits per heavy atom. The van der Waals surface area contributed by atoms with Gasteiger partial charge in [-0.15, -0.1) is 0 Å². The fraction of sp³-hybridized carbons (Fsp3) is 0.765. The molecular weight excluding hydrogens is 324 g/mol. The predicted octanol–water partition coefficient (Wildman–Crippen LogP) is -0.781. The number of rotatable bonds is 5. The molecule has 2 N–H and O–H groups in total. The van der Waals surface area contributed by atoms with Crippen LogP contribution in [0.1, 0.15) is 33.6 Å². The maximum atomic E-state index is 12.6. The van der Waals surface area contributed by atoms with Crippen LogP contribution in [0.15, 0.2) is 0 Å². The highest BCUT2D eigenvalue weighted by Gasteiger charge is 2.51. The van der Waals surface area contributed by atoms with Crippen molar-refractivity contribution in [3.8, 4) is 0 Å². The minimum absolute atomic E-state index is 0.0108. The third-order valence-electron chi connectivity index (χ3n) is 4.98. The SMILES string of the molecule is CC(=O)N(C)CC(=O)N1CC(=O)C2C1CCN2C(=O)C(N)CC(C)C. The summed E-state index contributed by atoms with van der Waals surface area (Å²) in [5.41, 5.74) is 5.99. The van der Waals surface area contributed by atoms with E-state index in [0.29, 0.717) is 19.4 Å². The van der Waals surface area contributed by atoms with Crippen molar-refractivity contribution in [3.05, 3.63) is 0 Å². The van der Waals surface area contributed by atoms with Crippen molar-refractivity contribution in [2.24, 2.45) is 11.7 Å². The van der Waals surface area contributed by atoms with E-state index < -0.39 is 12.1 Å². The molecule has 3 atom stereocenters. The van der Waals surface area contributed by atoms with E-state index in [1.165, 1.54) is 16.7 Å². The van der Waals surface area contributed by atoms with Crippen LogP contribution in [0, 0.1) is 5.92 Å².